The summed E-state index contributed by atoms with van der Waals surface area (Å²) in [6, 6.07) is 13.6. The summed E-state index contributed by atoms with van der Waals surface area (Å²) < 4.78 is 1.28. The highest BCUT2D eigenvalue weighted by molar-refractivity contribution is 7.17. The molecule has 1 aromatic carbocycles. The third-order valence-corrected chi connectivity index (χ3v) is 5.66. The topological polar surface area (TPSA) is 24.9 Å². The van der Waals surface area contributed by atoms with Crippen LogP contribution in [0.5, 0.6) is 0 Å². The Morgan fingerprint density at radius 2 is 1.83 bits per heavy atom. The van der Waals surface area contributed by atoms with E-state index < -0.39 is 0 Å². The van der Waals surface area contributed by atoms with Gasteiger partial charge in [0, 0.05) is 11.6 Å². The Labute approximate surface area is 141 Å². The quantitative estimate of drug-likeness (QED) is 0.638. The van der Waals surface area contributed by atoms with E-state index in [9.17, 15) is 0 Å². The number of benzene rings is 1. The zero-order valence-electron chi connectivity index (χ0n) is 13.5. The number of thiophene rings is 1. The number of rotatable bonds is 3. The number of aryl methyl sites for hydroxylation is 1. The molecule has 0 atom stereocenters. The average molecular weight is 322 g/mol. The van der Waals surface area contributed by atoms with Gasteiger partial charge in [-0.2, -0.15) is 0 Å². The van der Waals surface area contributed by atoms with Crippen LogP contribution in [-0.4, -0.2) is 11.0 Å². The van der Waals surface area contributed by atoms with Gasteiger partial charge in [0.1, 0.15) is 0 Å². The molecule has 0 saturated heterocycles. The molecule has 3 heteroatoms. The second-order valence-electron chi connectivity index (χ2n) is 6.54. The molecule has 0 spiro atoms. The minimum atomic E-state index is 0.613. The summed E-state index contributed by atoms with van der Waals surface area (Å²) in [6.07, 6.45) is 6.66. The summed E-state index contributed by atoms with van der Waals surface area (Å²) in [5, 5.41) is 5.94. The lowest BCUT2D eigenvalue weighted by molar-refractivity contribution is 0.463. The lowest BCUT2D eigenvalue weighted by Crippen LogP contribution is -2.22. The largest absolute Gasteiger partial charge is 0.381 e. The molecule has 118 valence electrons. The maximum absolute atomic E-state index is 4.86. The number of hydrogen-bond acceptors (Lipinski definition) is 3. The fourth-order valence-corrected chi connectivity index (χ4v) is 4.21. The van der Waals surface area contributed by atoms with Gasteiger partial charge >= 0.3 is 0 Å². The molecule has 23 heavy (non-hydrogen) atoms. The van der Waals surface area contributed by atoms with Crippen LogP contribution in [0.25, 0.3) is 21.5 Å². The third-order valence-electron chi connectivity index (χ3n) is 4.72. The first-order chi connectivity index (χ1) is 11.3. The van der Waals surface area contributed by atoms with Crippen LogP contribution in [0.4, 0.5) is 5.69 Å². The smallest absolute Gasteiger partial charge is 0.0838 e. The first kappa shape index (κ1) is 14.7. The van der Waals surface area contributed by atoms with Crippen LogP contribution in [0.3, 0.4) is 0 Å². The van der Waals surface area contributed by atoms with E-state index in [1.54, 1.807) is 11.3 Å². The minimum absolute atomic E-state index is 0.613. The van der Waals surface area contributed by atoms with E-state index in [-0.39, 0.29) is 0 Å². The Bertz CT molecular complexity index is 798. The van der Waals surface area contributed by atoms with Crippen molar-refractivity contribution in [2.24, 2.45) is 0 Å². The molecular weight excluding hydrogens is 300 g/mol. The van der Waals surface area contributed by atoms with Gasteiger partial charge in [0.2, 0.25) is 0 Å². The van der Waals surface area contributed by atoms with Gasteiger partial charge in [0.05, 0.1) is 21.6 Å². The molecule has 0 radical (unpaired) electrons. The van der Waals surface area contributed by atoms with Gasteiger partial charge in [-0.25, -0.2) is 4.98 Å². The summed E-state index contributed by atoms with van der Waals surface area (Å²) in [5.41, 5.74) is 5.90. The lowest BCUT2D eigenvalue weighted by atomic mass is 9.95. The van der Waals surface area contributed by atoms with E-state index in [2.05, 4.69) is 54.0 Å². The summed E-state index contributed by atoms with van der Waals surface area (Å²) >= 11 is 1.78. The molecule has 0 bridgehead atoms. The van der Waals surface area contributed by atoms with Gasteiger partial charge in [-0.05, 0) is 37.3 Å². The highest BCUT2D eigenvalue weighted by Crippen LogP contribution is 2.33. The number of nitrogens with zero attached hydrogens (tertiary/aromatic N) is 1. The van der Waals surface area contributed by atoms with Gasteiger partial charge in [0.25, 0.3) is 0 Å². The molecule has 0 amide bonds. The number of hydrogen-bond donors (Lipinski definition) is 1. The number of aromatic nitrogens is 1. The summed E-state index contributed by atoms with van der Waals surface area (Å²) in [4.78, 5) is 4.86. The fraction of sp³-hybridized carbons (Fsp3) is 0.350. The first-order valence-electron chi connectivity index (χ1n) is 8.51. The molecule has 1 N–H and O–H groups in total. The van der Waals surface area contributed by atoms with E-state index in [1.807, 2.05) is 0 Å². The van der Waals surface area contributed by atoms with Gasteiger partial charge in [-0.3, -0.25) is 0 Å². The van der Waals surface area contributed by atoms with Crippen molar-refractivity contribution < 1.29 is 0 Å². The number of nitrogens with one attached hydrogen (secondary N) is 1. The predicted molar refractivity (Wildman–Crippen MR) is 100 cm³/mol. The van der Waals surface area contributed by atoms with Crippen molar-refractivity contribution in [2.45, 2.75) is 45.1 Å². The van der Waals surface area contributed by atoms with Crippen LogP contribution in [0.2, 0.25) is 0 Å². The lowest BCUT2D eigenvalue weighted by Gasteiger charge is -2.24. The molecule has 1 aliphatic carbocycles. The van der Waals surface area contributed by atoms with Crippen LogP contribution < -0.4 is 5.32 Å². The molecule has 1 fully saturated rings. The summed E-state index contributed by atoms with van der Waals surface area (Å²) in [5.74, 6) is 0. The van der Waals surface area contributed by atoms with E-state index in [0.717, 1.165) is 11.2 Å². The van der Waals surface area contributed by atoms with Crippen molar-refractivity contribution in [1.29, 1.82) is 0 Å². The molecule has 3 aromatic rings. The Hall–Kier alpha value is -1.87. The monoisotopic (exact) mass is 322 g/mol. The van der Waals surface area contributed by atoms with E-state index in [4.69, 9.17) is 4.98 Å². The fourth-order valence-electron chi connectivity index (χ4n) is 3.40. The Morgan fingerprint density at radius 1 is 1.04 bits per heavy atom. The van der Waals surface area contributed by atoms with Gasteiger partial charge in [-0.15, -0.1) is 11.3 Å². The van der Waals surface area contributed by atoms with Gasteiger partial charge in [0.15, 0.2) is 0 Å². The molecule has 2 aromatic heterocycles. The van der Waals surface area contributed by atoms with Crippen LogP contribution in [0.1, 0.15) is 37.7 Å². The standard InChI is InChI=1S/C20H22N2S/c1-14-7-9-15(10-8-14)18-13-19(20-17(22-18)11-12-23-20)21-16-5-3-2-4-6-16/h7-13,16H,2-6H2,1H3,(H,21,22). The maximum Gasteiger partial charge on any atom is 0.0838 e. The van der Waals surface area contributed by atoms with E-state index in [0.29, 0.717) is 6.04 Å². The number of pyridine rings is 1. The second kappa shape index (κ2) is 6.32. The summed E-state index contributed by atoms with van der Waals surface area (Å²) in [6.45, 7) is 2.12. The van der Waals surface area contributed by atoms with Crippen LogP contribution >= 0.6 is 11.3 Å². The summed E-state index contributed by atoms with van der Waals surface area (Å²) in [7, 11) is 0. The van der Waals surface area contributed by atoms with Crippen molar-refractivity contribution in [3.63, 3.8) is 0 Å². The molecule has 2 nitrogen and oxygen atoms in total. The average Bonchev–Trinajstić information content (AvgIpc) is 3.05. The molecule has 1 aliphatic rings. The van der Waals surface area contributed by atoms with Gasteiger partial charge in [-0.1, -0.05) is 49.1 Å². The van der Waals surface area contributed by atoms with Crippen molar-refractivity contribution in [1.82, 2.24) is 4.98 Å². The van der Waals surface area contributed by atoms with Crippen molar-refractivity contribution >= 4 is 27.2 Å². The van der Waals surface area contributed by atoms with Crippen LogP contribution in [0.15, 0.2) is 41.8 Å². The number of anilines is 1. The van der Waals surface area contributed by atoms with Gasteiger partial charge < -0.3 is 5.32 Å². The Kier molecular flexibility index (Phi) is 4.04. The van der Waals surface area contributed by atoms with E-state index in [1.165, 1.54) is 53.6 Å². The first-order valence-corrected chi connectivity index (χ1v) is 9.39. The van der Waals surface area contributed by atoms with Crippen molar-refractivity contribution in [3.05, 3.63) is 47.3 Å². The molecule has 4 rings (SSSR count). The molecule has 0 aliphatic heterocycles. The molecule has 0 unspecified atom stereocenters. The zero-order valence-corrected chi connectivity index (χ0v) is 14.3. The number of fused-ring (bicyclic) bond motifs is 1. The van der Waals surface area contributed by atoms with Crippen molar-refractivity contribution in [3.8, 4) is 11.3 Å². The minimum Gasteiger partial charge on any atom is -0.381 e. The highest BCUT2D eigenvalue weighted by Gasteiger charge is 2.16. The highest BCUT2D eigenvalue weighted by atomic mass is 32.1. The Morgan fingerprint density at radius 3 is 2.61 bits per heavy atom. The Balaban J connectivity index is 1.73. The zero-order chi connectivity index (χ0) is 15.6. The normalized spacial score (nSPS) is 15.9. The van der Waals surface area contributed by atoms with Crippen LogP contribution in [0, 0.1) is 6.92 Å². The van der Waals surface area contributed by atoms with E-state index >= 15 is 0 Å². The second-order valence-corrected chi connectivity index (χ2v) is 7.45. The SMILES string of the molecule is Cc1ccc(-c2cc(NC3CCCCC3)c3sccc3n2)cc1. The molecule has 2 heterocycles. The predicted octanol–water partition coefficient (Wildman–Crippen LogP) is 6.02. The van der Waals surface area contributed by atoms with Crippen LogP contribution in [-0.2, 0) is 0 Å². The molecular formula is C20H22N2S. The molecule has 1 saturated carbocycles. The van der Waals surface area contributed by atoms with Crippen molar-refractivity contribution in [2.75, 3.05) is 5.32 Å². The maximum atomic E-state index is 4.86. The third kappa shape index (κ3) is 3.11.